The number of nitrogens with one attached hydrogen (secondary N) is 1. The highest BCUT2D eigenvalue weighted by Crippen LogP contribution is 2.32. The zero-order valence-electron chi connectivity index (χ0n) is 12.6. The lowest BCUT2D eigenvalue weighted by molar-refractivity contribution is 0.0959. The topological polar surface area (TPSA) is 41.5 Å². The molecule has 0 radical (unpaired) electrons. The summed E-state index contributed by atoms with van der Waals surface area (Å²) in [6.45, 7) is 2.25. The number of hydrogen-bond donors (Lipinski definition) is 1. The van der Waals surface area contributed by atoms with Gasteiger partial charge in [0.25, 0.3) is 5.91 Å². The maximum absolute atomic E-state index is 12.2. The fourth-order valence-corrected chi connectivity index (χ4v) is 4.26. The molecule has 0 fully saturated rings. The summed E-state index contributed by atoms with van der Waals surface area (Å²) in [4.78, 5) is 14.2. The van der Waals surface area contributed by atoms with Gasteiger partial charge in [0.1, 0.15) is 0 Å². The van der Waals surface area contributed by atoms with E-state index < -0.39 is 0 Å². The largest absolute Gasteiger partial charge is 0.281 e. The predicted octanol–water partition coefficient (Wildman–Crippen LogP) is 4.94. The van der Waals surface area contributed by atoms with Gasteiger partial charge in [-0.2, -0.15) is 5.10 Å². The zero-order valence-corrected chi connectivity index (χ0v) is 14.9. The molecule has 0 unspecified atom stereocenters. The Hall–Kier alpha value is -1.36. The van der Waals surface area contributed by atoms with Crippen LogP contribution in [-0.2, 0) is 12.8 Å². The van der Waals surface area contributed by atoms with Crippen LogP contribution in [0.15, 0.2) is 29.4 Å². The van der Waals surface area contributed by atoms with Crippen molar-refractivity contribution in [3.05, 3.63) is 55.2 Å². The van der Waals surface area contributed by atoms with E-state index in [1.54, 1.807) is 29.5 Å². The van der Waals surface area contributed by atoms with E-state index in [4.69, 9.17) is 23.2 Å². The van der Waals surface area contributed by atoms with E-state index in [1.165, 1.54) is 23.1 Å². The number of carbonyl (C=O) groups excluding carboxylic acids is 1. The molecule has 1 aromatic carbocycles. The smallest absolute Gasteiger partial charge is 0.266 e. The monoisotopic (exact) mass is 366 g/mol. The Labute approximate surface area is 149 Å². The first kappa shape index (κ1) is 16.5. The number of carbonyl (C=O) groups is 1. The Morgan fingerprint density at radius 2 is 2.13 bits per heavy atom. The number of halogens is 2. The van der Waals surface area contributed by atoms with Crippen LogP contribution in [-0.4, -0.2) is 12.1 Å². The van der Waals surface area contributed by atoms with Crippen molar-refractivity contribution in [2.45, 2.75) is 26.2 Å². The average molecular weight is 367 g/mol. The van der Waals surface area contributed by atoms with Gasteiger partial charge in [-0.05, 0) is 48.9 Å². The van der Waals surface area contributed by atoms with Gasteiger partial charge in [-0.1, -0.05) is 36.2 Å². The van der Waals surface area contributed by atoms with Crippen molar-refractivity contribution in [2.75, 3.05) is 0 Å². The van der Waals surface area contributed by atoms with E-state index in [2.05, 4.69) is 17.5 Å². The van der Waals surface area contributed by atoms with Crippen LogP contribution in [0.5, 0.6) is 0 Å². The molecule has 3 nitrogen and oxygen atoms in total. The summed E-state index contributed by atoms with van der Waals surface area (Å²) in [5.41, 5.74) is 4.44. The van der Waals surface area contributed by atoms with Crippen LogP contribution < -0.4 is 5.43 Å². The molecular formula is C17H16Cl2N2OS. The normalized spacial score (nSPS) is 17.3. The molecule has 1 heterocycles. The molecule has 0 aliphatic heterocycles. The molecular weight excluding hydrogens is 351 g/mol. The minimum absolute atomic E-state index is 0.198. The van der Waals surface area contributed by atoms with Crippen molar-refractivity contribution in [1.82, 2.24) is 5.43 Å². The standard InChI is InChI=1S/C17H16Cl2N2OS/c1-10-5-6-15-11(7-10)8-16(23-15)17(22)21-20-9-12-13(18)3-2-4-14(12)19/h2-4,8-10H,5-7H2,1H3,(H,21,22)/b20-9-/t10-/m1/s1. The molecule has 1 N–H and O–H groups in total. The van der Waals surface area contributed by atoms with Crippen molar-refractivity contribution >= 4 is 46.7 Å². The van der Waals surface area contributed by atoms with Gasteiger partial charge in [-0.15, -0.1) is 11.3 Å². The second-order valence-corrected chi connectivity index (χ2v) is 7.69. The number of benzene rings is 1. The molecule has 0 bridgehead atoms. The van der Waals surface area contributed by atoms with Crippen molar-refractivity contribution in [3.63, 3.8) is 0 Å². The van der Waals surface area contributed by atoms with E-state index in [-0.39, 0.29) is 5.91 Å². The van der Waals surface area contributed by atoms with Crippen LogP contribution >= 0.6 is 34.5 Å². The number of aryl methyl sites for hydroxylation is 1. The molecule has 0 spiro atoms. The van der Waals surface area contributed by atoms with Crippen LogP contribution in [0.4, 0.5) is 0 Å². The van der Waals surface area contributed by atoms with Crippen molar-refractivity contribution in [1.29, 1.82) is 0 Å². The summed E-state index contributed by atoms with van der Waals surface area (Å²) >= 11 is 13.7. The van der Waals surface area contributed by atoms with Crippen LogP contribution in [0, 0.1) is 5.92 Å². The third-order valence-corrected chi connectivity index (χ3v) is 5.81. The van der Waals surface area contributed by atoms with Crippen molar-refractivity contribution < 1.29 is 4.79 Å². The predicted molar refractivity (Wildman–Crippen MR) is 97.0 cm³/mol. The number of hydrogen-bond acceptors (Lipinski definition) is 3. The second-order valence-electron chi connectivity index (χ2n) is 5.74. The number of nitrogens with zero attached hydrogens (tertiary/aromatic N) is 1. The third kappa shape index (κ3) is 3.77. The molecule has 6 heteroatoms. The van der Waals surface area contributed by atoms with Crippen LogP contribution in [0.2, 0.25) is 10.0 Å². The first-order chi connectivity index (χ1) is 11.0. The highest BCUT2D eigenvalue weighted by atomic mass is 35.5. The van der Waals surface area contributed by atoms with Gasteiger partial charge in [0.2, 0.25) is 0 Å². The van der Waals surface area contributed by atoms with Crippen LogP contribution in [0.25, 0.3) is 0 Å². The summed E-state index contributed by atoms with van der Waals surface area (Å²) in [6, 6.07) is 7.21. The molecule has 1 aliphatic carbocycles. The average Bonchev–Trinajstić information content (AvgIpc) is 2.93. The van der Waals surface area contributed by atoms with E-state index in [1.807, 2.05) is 6.07 Å². The summed E-state index contributed by atoms with van der Waals surface area (Å²) in [6.07, 6.45) is 4.78. The van der Waals surface area contributed by atoms with E-state index in [0.29, 0.717) is 26.4 Å². The van der Waals surface area contributed by atoms with E-state index in [0.717, 1.165) is 12.8 Å². The Morgan fingerprint density at radius 1 is 1.39 bits per heavy atom. The summed E-state index contributed by atoms with van der Waals surface area (Å²) < 4.78 is 0. The molecule has 1 amide bonds. The Kier molecular flexibility index (Phi) is 5.05. The molecule has 1 aromatic heterocycles. The highest BCUT2D eigenvalue weighted by molar-refractivity contribution is 7.14. The van der Waals surface area contributed by atoms with Crippen LogP contribution in [0.3, 0.4) is 0 Å². The molecule has 120 valence electrons. The Balaban J connectivity index is 1.69. The number of hydrazone groups is 1. The fourth-order valence-electron chi connectivity index (χ4n) is 2.66. The minimum atomic E-state index is -0.198. The van der Waals surface area contributed by atoms with E-state index in [9.17, 15) is 4.79 Å². The summed E-state index contributed by atoms with van der Waals surface area (Å²) in [5, 5.41) is 4.97. The fraction of sp³-hybridized carbons (Fsp3) is 0.294. The first-order valence-electron chi connectivity index (χ1n) is 7.43. The van der Waals surface area contributed by atoms with E-state index >= 15 is 0 Å². The van der Waals surface area contributed by atoms with Crippen molar-refractivity contribution in [3.8, 4) is 0 Å². The molecule has 0 saturated heterocycles. The Morgan fingerprint density at radius 3 is 2.87 bits per heavy atom. The maximum Gasteiger partial charge on any atom is 0.281 e. The van der Waals surface area contributed by atoms with Gasteiger partial charge in [0.05, 0.1) is 21.1 Å². The van der Waals surface area contributed by atoms with Gasteiger partial charge in [0.15, 0.2) is 0 Å². The lowest BCUT2D eigenvalue weighted by Gasteiger charge is -2.16. The van der Waals surface area contributed by atoms with Gasteiger partial charge < -0.3 is 0 Å². The second kappa shape index (κ2) is 7.04. The quantitative estimate of drug-likeness (QED) is 0.606. The number of thiophene rings is 1. The number of fused-ring (bicyclic) bond motifs is 1. The lowest BCUT2D eigenvalue weighted by atomic mass is 9.90. The first-order valence-corrected chi connectivity index (χ1v) is 9.01. The number of rotatable bonds is 3. The van der Waals surface area contributed by atoms with Gasteiger partial charge in [0, 0.05) is 10.4 Å². The number of amides is 1. The third-order valence-electron chi connectivity index (χ3n) is 3.91. The highest BCUT2D eigenvalue weighted by Gasteiger charge is 2.20. The summed E-state index contributed by atoms with van der Waals surface area (Å²) in [5.74, 6) is 0.491. The minimum Gasteiger partial charge on any atom is -0.266 e. The summed E-state index contributed by atoms with van der Waals surface area (Å²) in [7, 11) is 0. The lowest BCUT2D eigenvalue weighted by Crippen LogP contribution is -2.16. The van der Waals surface area contributed by atoms with Gasteiger partial charge in [-0.25, -0.2) is 5.43 Å². The SMILES string of the molecule is C[C@@H]1CCc2sc(C(=O)N/N=C\c3c(Cl)cccc3Cl)cc2C1. The molecule has 23 heavy (non-hydrogen) atoms. The molecule has 2 aromatic rings. The zero-order chi connectivity index (χ0) is 16.4. The van der Waals surface area contributed by atoms with Gasteiger partial charge >= 0.3 is 0 Å². The molecule has 0 saturated carbocycles. The molecule has 1 atom stereocenters. The van der Waals surface area contributed by atoms with Gasteiger partial charge in [-0.3, -0.25) is 4.79 Å². The molecule has 3 rings (SSSR count). The maximum atomic E-state index is 12.2. The molecule has 1 aliphatic rings. The van der Waals surface area contributed by atoms with Crippen molar-refractivity contribution in [2.24, 2.45) is 11.0 Å². The Bertz CT molecular complexity index is 750. The van der Waals surface area contributed by atoms with Crippen LogP contribution in [0.1, 0.15) is 39.0 Å².